The van der Waals surface area contributed by atoms with E-state index in [-0.39, 0.29) is 0 Å². The number of nitrogens with zero attached hydrogens (tertiary/aromatic N) is 1. The van der Waals surface area contributed by atoms with Crippen molar-refractivity contribution in [1.82, 2.24) is 0 Å². The van der Waals surface area contributed by atoms with Crippen LogP contribution < -0.4 is 10.6 Å². The van der Waals surface area contributed by atoms with Crippen molar-refractivity contribution in [3.8, 4) is 0 Å². The summed E-state index contributed by atoms with van der Waals surface area (Å²) >= 11 is 6.30. The number of hydrogen-bond donors (Lipinski definition) is 1. The van der Waals surface area contributed by atoms with E-state index in [1.165, 1.54) is 0 Å². The zero-order chi connectivity index (χ0) is 13.0. The number of para-hydroxylation sites is 1. The molecule has 0 unspecified atom stereocenters. The van der Waals surface area contributed by atoms with E-state index in [0.717, 1.165) is 48.9 Å². The normalized spacial score (nSPS) is 16.8. The smallest absolute Gasteiger partial charge is 0.0642 e. The molecule has 0 atom stereocenters. The lowest BCUT2D eigenvalue weighted by molar-refractivity contribution is 0.0685. The van der Waals surface area contributed by atoms with Crippen molar-refractivity contribution in [3.05, 3.63) is 28.8 Å². The molecule has 1 fully saturated rings. The number of nitrogens with two attached hydrogens (primary N) is 1. The maximum atomic E-state index is 6.30. The van der Waals surface area contributed by atoms with Gasteiger partial charge in [-0.15, -0.1) is 0 Å². The van der Waals surface area contributed by atoms with Crippen LogP contribution in [0.15, 0.2) is 18.2 Å². The molecule has 0 saturated carbocycles. The van der Waals surface area contributed by atoms with Gasteiger partial charge in [-0.05, 0) is 30.4 Å². The first-order valence-corrected chi connectivity index (χ1v) is 6.86. The lowest BCUT2D eigenvalue weighted by atomic mass is 9.99. The van der Waals surface area contributed by atoms with E-state index in [9.17, 15) is 0 Å². The second kappa shape index (κ2) is 6.41. The van der Waals surface area contributed by atoms with Gasteiger partial charge in [0.25, 0.3) is 0 Å². The van der Waals surface area contributed by atoms with Gasteiger partial charge in [-0.3, -0.25) is 0 Å². The van der Waals surface area contributed by atoms with Gasteiger partial charge in [-0.1, -0.05) is 23.7 Å². The van der Waals surface area contributed by atoms with Crippen molar-refractivity contribution in [2.75, 3.05) is 31.7 Å². The highest BCUT2D eigenvalue weighted by Crippen LogP contribution is 2.30. The third-order valence-electron chi connectivity index (χ3n) is 3.54. The van der Waals surface area contributed by atoms with Crippen LogP contribution in [0.3, 0.4) is 0 Å². The zero-order valence-corrected chi connectivity index (χ0v) is 11.6. The van der Waals surface area contributed by atoms with Crippen molar-refractivity contribution in [1.29, 1.82) is 0 Å². The molecule has 0 aliphatic carbocycles. The molecular weight excluding hydrogens is 248 g/mol. The topological polar surface area (TPSA) is 38.5 Å². The highest BCUT2D eigenvalue weighted by atomic mass is 35.5. The molecule has 1 aliphatic rings. The third kappa shape index (κ3) is 3.16. The summed E-state index contributed by atoms with van der Waals surface area (Å²) in [5.74, 6) is 0.686. The van der Waals surface area contributed by atoms with Crippen LogP contribution in [0.2, 0.25) is 5.02 Å². The molecule has 4 heteroatoms. The van der Waals surface area contributed by atoms with Gasteiger partial charge in [-0.25, -0.2) is 0 Å². The van der Waals surface area contributed by atoms with Gasteiger partial charge in [0.15, 0.2) is 0 Å². The number of benzene rings is 1. The maximum absolute atomic E-state index is 6.30. The minimum absolute atomic E-state index is 0.522. The molecule has 1 aromatic carbocycles. The molecule has 100 valence electrons. The fraction of sp³-hybridized carbons (Fsp3) is 0.571. The Bertz CT molecular complexity index is 391. The Hall–Kier alpha value is -0.770. The molecule has 0 spiro atoms. The van der Waals surface area contributed by atoms with Crippen LogP contribution >= 0.6 is 11.6 Å². The van der Waals surface area contributed by atoms with Gasteiger partial charge in [0, 0.05) is 33.4 Å². The summed E-state index contributed by atoms with van der Waals surface area (Å²) in [6.07, 6.45) is 2.26. The van der Waals surface area contributed by atoms with Crippen LogP contribution in [-0.2, 0) is 11.3 Å². The highest BCUT2D eigenvalue weighted by molar-refractivity contribution is 6.33. The van der Waals surface area contributed by atoms with E-state index in [1.807, 2.05) is 18.2 Å². The van der Waals surface area contributed by atoms with Gasteiger partial charge in [0.2, 0.25) is 0 Å². The SMILES string of the molecule is CN(CC1CCOCC1)c1c(Cl)cccc1CN. The Labute approximate surface area is 114 Å². The molecule has 1 heterocycles. The largest absolute Gasteiger partial charge is 0.381 e. The Kier molecular flexibility index (Phi) is 4.87. The molecule has 0 radical (unpaired) electrons. The Morgan fingerprint density at radius 2 is 2.11 bits per heavy atom. The molecule has 2 N–H and O–H groups in total. The van der Waals surface area contributed by atoms with E-state index in [0.29, 0.717) is 12.5 Å². The van der Waals surface area contributed by atoms with Crippen molar-refractivity contribution in [3.63, 3.8) is 0 Å². The average Bonchev–Trinajstić information content (AvgIpc) is 2.39. The zero-order valence-electron chi connectivity index (χ0n) is 10.9. The van der Waals surface area contributed by atoms with Gasteiger partial charge < -0.3 is 15.4 Å². The molecule has 3 nitrogen and oxygen atoms in total. The summed E-state index contributed by atoms with van der Waals surface area (Å²) in [6, 6.07) is 5.93. The fourth-order valence-corrected chi connectivity index (χ4v) is 2.90. The average molecular weight is 269 g/mol. The number of hydrogen-bond acceptors (Lipinski definition) is 3. The lowest BCUT2D eigenvalue weighted by Gasteiger charge is -2.30. The van der Waals surface area contributed by atoms with Crippen molar-refractivity contribution in [2.45, 2.75) is 19.4 Å². The maximum Gasteiger partial charge on any atom is 0.0642 e. The van der Waals surface area contributed by atoms with E-state index in [1.54, 1.807) is 0 Å². The van der Waals surface area contributed by atoms with E-state index >= 15 is 0 Å². The predicted octanol–water partition coefficient (Wildman–Crippen LogP) is 2.66. The molecule has 0 aromatic heterocycles. The second-order valence-corrected chi connectivity index (χ2v) is 5.30. The third-order valence-corrected chi connectivity index (χ3v) is 3.85. The highest BCUT2D eigenvalue weighted by Gasteiger charge is 2.18. The number of rotatable bonds is 4. The van der Waals surface area contributed by atoms with E-state index in [4.69, 9.17) is 22.1 Å². The lowest BCUT2D eigenvalue weighted by Crippen LogP contribution is -2.30. The first-order valence-electron chi connectivity index (χ1n) is 6.48. The van der Waals surface area contributed by atoms with Gasteiger partial charge in [0.1, 0.15) is 0 Å². The second-order valence-electron chi connectivity index (χ2n) is 4.89. The van der Waals surface area contributed by atoms with Crippen LogP contribution in [0.25, 0.3) is 0 Å². The standard InChI is InChI=1S/C14H21ClN2O/c1-17(10-11-5-7-18-8-6-11)14-12(9-16)3-2-4-13(14)15/h2-4,11H,5-10,16H2,1H3. The monoisotopic (exact) mass is 268 g/mol. The summed E-state index contributed by atoms with van der Waals surface area (Å²) < 4.78 is 5.39. The summed E-state index contributed by atoms with van der Waals surface area (Å²) in [5, 5.41) is 0.785. The van der Waals surface area contributed by atoms with E-state index in [2.05, 4.69) is 11.9 Å². The van der Waals surface area contributed by atoms with Crippen LogP contribution in [0.5, 0.6) is 0 Å². The molecule has 1 saturated heterocycles. The Morgan fingerprint density at radius 3 is 2.78 bits per heavy atom. The Morgan fingerprint density at radius 1 is 1.39 bits per heavy atom. The first-order chi connectivity index (χ1) is 8.72. The molecule has 2 rings (SSSR count). The first kappa shape index (κ1) is 13.7. The minimum Gasteiger partial charge on any atom is -0.381 e. The van der Waals surface area contributed by atoms with Gasteiger partial charge in [-0.2, -0.15) is 0 Å². The molecule has 0 amide bonds. The molecular formula is C14H21ClN2O. The van der Waals surface area contributed by atoms with Crippen LogP contribution in [0.1, 0.15) is 18.4 Å². The quantitative estimate of drug-likeness (QED) is 0.912. The van der Waals surface area contributed by atoms with Gasteiger partial charge in [0.05, 0.1) is 10.7 Å². The molecule has 0 bridgehead atoms. The molecule has 1 aliphatic heterocycles. The number of halogens is 1. The van der Waals surface area contributed by atoms with Crippen molar-refractivity contribution in [2.24, 2.45) is 11.7 Å². The van der Waals surface area contributed by atoms with Crippen molar-refractivity contribution >= 4 is 17.3 Å². The van der Waals surface area contributed by atoms with Crippen LogP contribution in [0, 0.1) is 5.92 Å². The fourth-order valence-electron chi connectivity index (χ4n) is 2.56. The van der Waals surface area contributed by atoms with Crippen LogP contribution in [-0.4, -0.2) is 26.8 Å². The number of anilines is 1. The minimum atomic E-state index is 0.522. The molecule has 18 heavy (non-hydrogen) atoms. The summed E-state index contributed by atoms with van der Waals surface area (Å²) in [5.41, 5.74) is 7.97. The Balaban J connectivity index is 2.09. The van der Waals surface area contributed by atoms with Crippen LogP contribution in [0.4, 0.5) is 5.69 Å². The van der Waals surface area contributed by atoms with E-state index < -0.39 is 0 Å². The predicted molar refractivity (Wildman–Crippen MR) is 76.2 cm³/mol. The number of ether oxygens (including phenoxy) is 1. The van der Waals surface area contributed by atoms with Gasteiger partial charge >= 0.3 is 0 Å². The van der Waals surface area contributed by atoms with Crippen molar-refractivity contribution < 1.29 is 4.74 Å². The summed E-state index contributed by atoms with van der Waals surface area (Å²) in [4.78, 5) is 2.24. The molecule has 1 aromatic rings. The summed E-state index contributed by atoms with van der Waals surface area (Å²) in [7, 11) is 2.09. The summed E-state index contributed by atoms with van der Waals surface area (Å²) in [6.45, 7) is 3.30.